The number of urea groups is 1. The second-order valence-corrected chi connectivity index (χ2v) is 6.83. The van der Waals surface area contributed by atoms with E-state index >= 15 is 0 Å². The van der Waals surface area contributed by atoms with Crippen LogP contribution in [0.15, 0.2) is 42.9 Å². The maximum absolute atomic E-state index is 11.8. The zero-order valence-corrected chi connectivity index (χ0v) is 15.0. The number of rotatable bonds is 4. The van der Waals surface area contributed by atoms with Crippen LogP contribution in [0.4, 0.5) is 16.2 Å². The number of hydrogen-bond acceptors (Lipinski definition) is 5. The van der Waals surface area contributed by atoms with Crippen LogP contribution in [-0.4, -0.2) is 54.1 Å². The molecule has 0 saturated carbocycles. The first-order valence-electron chi connectivity index (χ1n) is 9.00. The molecule has 8 nitrogen and oxygen atoms in total. The van der Waals surface area contributed by atoms with Gasteiger partial charge in [-0.1, -0.05) is 0 Å². The number of amides is 2. The number of carbonyl (C=O) groups is 1. The van der Waals surface area contributed by atoms with Crippen LogP contribution in [-0.2, 0) is 0 Å². The predicted molar refractivity (Wildman–Crippen MR) is 103 cm³/mol. The Balaban J connectivity index is 1.34. The molecule has 3 aromatic rings. The number of nitrogens with zero attached hydrogens (tertiary/aromatic N) is 5. The molecule has 0 spiro atoms. The third-order valence-corrected chi connectivity index (χ3v) is 5.26. The Hall–Kier alpha value is -3.29. The SMILES string of the molecule is COc1ccc2nccc(N3CC(n4cc(N5CCNC5=O)cn4)C3)c2c1. The van der Waals surface area contributed by atoms with Crippen LogP contribution in [0, 0.1) is 0 Å². The molecular weight excluding hydrogens is 344 g/mol. The number of hydrogen-bond donors (Lipinski definition) is 1. The van der Waals surface area contributed by atoms with Crippen LogP contribution >= 0.6 is 0 Å². The predicted octanol–water partition coefficient (Wildman–Crippen LogP) is 2.03. The Bertz CT molecular complexity index is 1010. The molecule has 0 radical (unpaired) electrons. The van der Waals surface area contributed by atoms with Crippen molar-refractivity contribution < 1.29 is 9.53 Å². The normalized spacial score (nSPS) is 17.3. The van der Waals surface area contributed by atoms with Gasteiger partial charge in [-0.25, -0.2) is 4.79 Å². The molecule has 0 unspecified atom stereocenters. The van der Waals surface area contributed by atoms with Crippen molar-refractivity contribution in [2.45, 2.75) is 6.04 Å². The van der Waals surface area contributed by atoms with Crippen LogP contribution < -0.4 is 19.9 Å². The summed E-state index contributed by atoms with van der Waals surface area (Å²) < 4.78 is 7.32. The lowest BCUT2D eigenvalue weighted by molar-refractivity contribution is 0.252. The van der Waals surface area contributed by atoms with Gasteiger partial charge in [-0.05, 0) is 24.3 Å². The van der Waals surface area contributed by atoms with Crippen molar-refractivity contribution in [1.82, 2.24) is 20.1 Å². The Morgan fingerprint density at radius 1 is 1.26 bits per heavy atom. The third-order valence-electron chi connectivity index (χ3n) is 5.26. The molecule has 2 aliphatic rings. The average molecular weight is 364 g/mol. The van der Waals surface area contributed by atoms with Crippen LogP contribution in [0.5, 0.6) is 5.75 Å². The van der Waals surface area contributed by atoms with E-state index in [2.05, 4.69) is 20.3 Å². The van der Waals surface area contributed by atoms with Crippen molar-refractivity contribution in [1.29, 1.82) is 0 Å². The van der Waals surface area contributed by atoms with Gasteiger partial charge in [0.05, 0.1) is 30.6 Å². The summed E-state index contributed by atoms with van der Waals surface area (Å²) in [6, 6.07) is 8.22. The molecule has 1 N–H and O–H groups in total. The number of fused-ring (bicyclic) bond motifs is 1. The van der Waals surface area contributed by atoms with Crippen LogP contribution in [0.1, 0.15) is 6.04 Å². The first kappa shape index (κ1) is 15.9. The Kier molecular flexibility index (Phi) is 3.63. The molecule has 2 aromatic heterocycles. The fraction of sp³-hybridized carbons (Fsp3) is 0.316. The number of benzene rings is 1. The summed E-state index contributed by atoms with van der Waals surface area (Å²) in [5.74, 6) is 0.828. The smallest absolute Gasteiger partial charge is 0.322 e. The van der Waals surface area contributed by atoms with E-state index in [1.165, 1.54) is 0 Å². The molecular formula is C19H20N6O2. The van der Waals surface area contributed by atoms with Gasteiger partial charge in [0.2, 0.25) is 0 Å². The Morgan fingerprint density at radius 3 is 2.93 bits per heavy atom. The van der Waals surface area contributed by atoms with E-state index in [0.29, 0.717) is 19.1 Å². The van der Waals surface area contributed by atoms with E-state index in [4.69, 9.17) is 4.74 Å². The summed E-state index contributed by atoms with van der Waals surface area (Å²) in [4.78, 5) is 20.3. The topological polar surface area (TPSA) is 75.5 Å². The second kappa shape index (κ2) is 6.15. The highest BCUT2D eigenvalue weighted by molar-refractivity contribution is 5.94. The summed E-state index contributed by atoms with van der Waals surface area (Å²) in [6.07, 6.45) is 5.57. The van der Waals surface area contributed by atoms with E-state index in [1.54, 1.807) is 18.2 Å². The lowest BCUT2D eigenvalue weighted by atomic mass is 10.1. The minimum Gasteiger partial charge on any atom is -0.497 e. The highest BCUT2D eigenvalue weighted by Crippen LogP contribution is 2.34. The minimum absolute atomic E-state index is 0.0537. The molecule has 5 rings (SSSR count). The fourth-order valence-electron chi connectivity index (χ4n) is 3.72. The average Bonchev–Trinajstić information content (AvgIpc) is 3.29. The summed E-state index contributed by atoms with van der Waals surface area (Å²) in [7, 11) is 1.67. The number of carbonyl (C=O) groups excluding carboxylic acids is 1. The van der Waals surface area contributed by atoms with Crippen LogP contribution in [0.2, 0.25) is 0 Å². The van der Waals surface area contributed by atoms with Gasteiger partial charge < -0.3 is 15.0 Å². The van der Waals surface area contributed by atoms with Crippen molar-refractivity contribution in [2.24, 2.45) is 0 Å². The summed E-state index contributed by atoms with van der Waals surface area (Å²) in [5, 5.41) is 8.37. The molecule has 27 heavy (non-hydrogen) atoms. The molecule has 2 aliphatic heterocycles. The van der Waals surface area contributed by atoms with Gasteiger partial charge in [0.15, 0.2) is 0 Å². The summed E-state index contributed by atoms with van der Waals surface area (Å²) in [6.45, 7) is 3.10. The van der Waals surface area contributed by atoms with Crippen molar-refractivity contribution in [3.05, 3.63) is 42.9 Å². The minimum atomic E-state index is -0.0537. The number of methoxy groups -OCH3 is 1. The molecule has 2 saturated heterocycles. The number of anilines is 2. The molecule has 0 atom stereocenters. The number of ether oxygens (including phenoxy) is 1. The molecule has 2 amide bonds. The molecule has 138 valence electrons. The van der Waals surface area contributed by atoms with E-state index in [0.717, 1.165) is 41.1 Å². The Morgan fingerprint density at radius 2 is 2.15 bits per heavy atom. The largest absolute Gasteiger partial charge is 0.497 e. The van der Waals surface area contributed by atoms with E-state index in [1.807, 2.05) is 41.3 Å². The first-order chi connectivity index (χ1) is 13.2. The van der Waals surface area contributed by atoms with Crippen molar-refractivity contribution >= 4 is 28.3 Å². The molecule has 8 heteroatoms. The van der Waals surface area contributed by atoms with Gasteiger partial charge in [0.25, 0.3) is 0 Å². The maximum atomic E-state index is 11.8. The number of pyridine rings is 1. The van der Waals surface area contributed by atoms with Crippen molar-refractivity contribution in [3.63, 3.8) is 0 Å². The Labute approximate surface area is 156 Å². The van der Waals surface area contributed by atoms with E-state index in [-0.39, 0.29) is 6.03 Å². The van der Waals surface area contributed by atoms with Crippen molar-refractivity contribution in [2.75, 3.05) is 43.1 Å². The van der Waals surface area contributed by atoms with Gasteiger partial charge in [0.1, 0.15) is 5.75 Å². The standard InChI is InChI=1S/C19H20N6O2/c1-27-15-2-3-17-16(8-15)18(4-5-20-17)23-10-14(11-23)25-12-13(9-22-25)24-7-6-21-19(24)26/h2-5,8-9,12,14H,6-7,10-11H2,1H3,(H,21,26). The summed E-state index contributed by atoms with van der Waals surface area (Å²) >= 11 is 0. The van der Waals surface area contributed by atoms with Gasteiger partial charge >= 0.3 is 6.03 Å². The zero-order valence-electron chi connectivity index (χ0n) is 15.0. The van der Waals surface area contributed by atoms with Gasteiger partial charge in [0, 0.05) is 49.6 Å². The van der Waals surface area contributed by atoms with Crippen LogP contribution in [0.3, 0.4) is 0 Å². The van der Waals surface area contributed by atoms with Gasteiger partial charge in [-0.15, -0.1) is 0 Å². The molecule has 1 aromatic carbocycles. The van der Waals surface area contributed by atoms with Gasteiger partial charge in [-0.3, -0.25) is 14.6 Å². The lowest BCUT2D eigenvalue weighted by Gasteiger charge is -2.41. The van der Waals surface area contributed by atoms with Gasteiger partial charge in [-0.2, -0.15) is 5.10 Å². The fourth-order valence-corrected chi connectivity index (χ4v) is 3.72. The zero-order chi connectivity index (χ0) is 18.4. The highest BCUT2D eigenvalue weighted by Gasteiger charge is 2.31. The summed E-state index contributed by atoms with van der Waals surface area (Å²) in [5.41, 5.74) is 2.96. The third kappa shape index (κ3) is 2.64. The number of nitrogens with one attached hydrogen (secondary N) is 1. The lowest BCUT2D eigenvalue weighted by Crippen LogP contribution is -2.48. The van der Waals surface area contributed by atoms with Crippen LogP contribution in [0.25, 0.3) is 10.9 Å². The highest BCUT2D eigenvalue weighted by atomic mass is 16.5. The maximum Gasteiger partial charge on any atom is 0.322 e. The van der Waals surface area contributed by atoms with E-state index < -0.39 is 0 Å². The quantitative estimate of drug-likeness (QED) is 0.767. The van der Waals surface area contributed by atoms with E-state index in [9.17, 15) is 4.79 Å². The second-order valence-electron chi connectivity index (χ2n) is 6.83. The molecule has 0 aliphatic carbocycles. The first-order valence-corrected chi connectivity index (χ1v) is 9.00. The monoisotopic (exact) mass is 364 g/mol. The molecule has 4 heterocycles. The molecule has 2 fully saturated rings. The molecule has 0 bridgehead atoms. The van der Waals surface area contributed by atoms with Crippen molar-refractivity contribution in [3.8, 4) is 5.75 Å². The number of aromatic nitrogens is 3.